The summed E-state index contributed by atoms with van der Waals surface area (Å²) in [6, 6.07) is 85.1. The minimum atomic E-state index is 0. The van der Waals surface area contributed by atoms with E-state index in [1.807, 2.05) is 0 Å². The largest absolute Gasteiger partial charge is 4.00 e. The molecule has 9 aromatic carbocycles. The number of nitrogens with zero attached hydrogens (tertiary/aromatic N) is 4. The van der Waals surface area contributed by atoms with Gasteiger partial charge in [-0.05, 0) is 46.5 Å². The van der Waals surface area contributed by atoms with Crippen LogP contribution in [-0.2, 0) is 21.1 Å². The third-order valence-corrected chi connectivity index (χ3v) is 11.4. The number of hydrogen-bond donors (Lipinski definition) is 1. The monoisotopic (exact) mass is 1000 g/mol. The summed E-state index contributed by atoms with van der Waals surface area (Å²) in [6.07, 6.45) is 5.74. The first-order valence-electron chi connectivity index (χ1n) is 20.9. The van der Waals surface area contributed by atoms with Crippen molar-refractivity contribution in [1.29, 1.82) is 0 Å². The van der Waals surface area contributed by atoms with Gasteiger partial charge in [-0.25, -0.2) is 0 Å². The molecular formula is C58H41N5Pt. The van der Waals surface area contributed by atoms with Crippen molar-refractivity contribution in [3.63, 3.8) is 0 Å². The molecule has 9 aromatic rings. The molecule has 11 rings (SSSR count). The second kappa shape index (κ2) is 18.7. The van der Waals surface area contributed by atoms with E-state index in [9.17, 15) is 0 Å². The fourth-order valence-corrected chi connectivity index (χ4v) is 8.70. The van der Waals surface area contributed by atoms with Crippen LogP contribution in [0.4, 0.5) is 45.5 Å². The molecule has 64 heavy (non-hydrogen) atoms. The number of rotatable bonds is 8. The van der Waals surface area contributed by atoms with Gasteiger partial charge in [0.25, 0.3) is 0 Å². The summed E-state index contributed by atoms with van der Waals surface area (Å²) < 4.78 is 0. The molecule has 2 N–H and O–H groups in total. The zero-order chi connectivity index (χ0) is 42.5. The Balaban J connectivity index is 0.00000126. The number of anilines is 8. The maximum Gasteiger partial charge on any atom is 4.00 e. The molecule has 0 saturated carbocycles. The summed E-state index contributed by atoms with van der Waals surface area (Å²) in [5.74, 6) is 0. The number of benzene rings is 9. The number of para-hydroxylation sites is 6. The van der Waals surface area contributed by atoms with Gasteiger partial charge in [-0.2, -0.15) is 6.07 Å². The van der Waals surface area contributed by atoms with E-state index in [-0.39, 0.29) is 21.1 Å². The Labute approximate surface area is 390 Å². The van der Waals surface area contributed by atoms with Crippen LogP contribution in [0.1, 0.15) is 0 Å². The molecule has 0 aromatic heterocycles. The van der Waals surface area contributed by atoms with Crippen LogP contribution >= 0.6 is 0 Å². The van der Waals surface area contributed by atoms with E-state index < -0.39 is 0 Å². The molecule has 308 valence electrons. The van der Waals surface area contributed by atoms with E-state index >= 15 is 0 Å². The van der Waals surface area contributed by atoms with Crippen LogP contribution in [0.2, 0.25) is 0 Å². The molecule has 0 spiro atoms. The van der Waals surface area contributed by atoms with Crippen molar-refractivity contribution in [2.24, 2.45) is 5.73 Å². The van der Waals surface area contributed by atoms with E-state index in [1.165, 1.54) is 28.3 Å². The maximum absolute atomic E-state index is 5.74. The standard InChI is InChI=1S/C56H39N4.C2H2N.Pt/c1-5-20-41(21-6-1)47-30-18-31-48(42-22-7-2-8-23-42)55(47)59-39-57(51-34-13-15-36-53(51)59)45-28-17-29-46(38-45)58-40-60(54-37-16-14-35-52(54)58)56-49(43-24-9-3-10-25-43)32-19-33-50(56)44-26-11-4-12-27-44;1-2-3;/h1-37,39-40H;3H2;/q-3;-1;+4. The summed E-state index contributed by atoms with van der Waals surface area (Å²) in [7, 11) is 0. The molecule has 0 bridgehead atoms. The molecule has 2 heterocycles. The third kappa shape index (κ3) is 7.81. The van der Waals surface area contributed by atoms with Crippen molar-refractivity contribution in [3.8, 4) is 50.6 Å². The van der Waals surface area contributed by atoms with Gasteiger partial charge >= 0.3 is 21.1 Å². The number of nitrogens with two attached hydrogens (primary N) is 1. The Kier molecular flexibility index (Phi) is 12.1. The second-order valence-electron chi connectivity index (χ2n) is 15.1. The second-order valence-corrected chi connectivity index (χ2v) is 15.1. The van der Waals surface area contributed by atoms with Crippen LogP contribution in [0.5, 0.6) is 0 Å². The Morgan fingerprint density at radius 1 is 0.344 bits per heavy atom. The van der Waals surface area contributed by atoms with Crippen molar-refractivity contribution in [2.45, 2.75) is 0 Å². The van der Waals surface area contributed by atoms with Crippen molar-refractivity contribution in [1.82, 2.24) is 0 Å². The van der Waals surface area contributed by atoms with Crippen molar-refractivity contribution in [2.75, 3.05) is 19.6 Å². The number of hydrogen-bond acceptors (Lipinski definition) is 5. The van der Waals surface area contributed by atoms with Crippen molar-refractivity contribution < 1.29 is 21.1 Å². The van der Waals surface area contributed by atoms with Gasteiger partial charge in [0.15, 0.2) is 0 Å². The van der Waals surface area contributed by atoms with Gasteiger partial charge in [-0.1, -0.05) is 182 Å². The molecule has 0 saturated heterocycles. The molecule has 5 nitrogen and oxygen atoms in total. The van der Waals surface area contributed by atoms with Crippen LogP contribution in [0.25, 0.3) is 44.5 Å². The van der Waals surface area contributed by atoms with Gasteiger partial charge in [0.2, 0.25) is 0 Å². The summed E-state index contributed by atoms with van der Waals surface area (Å²) in [5.41, 5.74) is 22.1. The van der Waals surface area contributed by atoms with Crippen molar-refractivity contribution in [3.05, 3.63) is 250 Å². The van der Waals surface area contributed by atoms with E-state index in [2.05, 4.69) is 269 Å². The molecular weight excluding hydrogens is 962 g/mol. The van der Waals surface area contributed by atoms with Crippen LogP contribution in [0.3, 0.4) is 0 Å². The first-order chi connectivity index (χ1) is 31.2. The fraction of sp³-hybridized carbons (Fsp3) is 0. The molecule has 2 aliphatic rings. The minimum Gasteiger partial charge on any atom is -0.670 e. The quantitative estimate of drug-likeness (QED) is 0.0933. The first-order valence-corrected chi connectivity index (χ1v) is 20.9. The van der Waals surface area contributed by atoms with Gasteiger partial charge in [-0.15, -0.1) is 42.9 Å². The summed E-state index contributed by atoms with van der Waals surface area (Å²) >= 11 is 0. The molecule has 0 fully saturated rings. The predicted molar refractivity (Wildman–Crippen MR) is 261 cm³/mol. The van der Waals surface area contributed by atoms with Gasteiger partial charge in [0, 0.05) is 56.4 Å². The minimum absolute atomic E-state index is 0. The van der Waals surface area contributed by atoms with E-state index in [1.54, 1.807) is 0 Å². The smallest absolute Gasteiger partial charge is 0.670 e. The zero-order valence-corrected chi connectivity index (χ0v) is 37.0. The van der Waals surface area contributed by atoms with Crippen LogP contribution < -0.4 is 25.3 Å². The zero-order valence-electron chi connectivity index (χ0n) is 34.7. The molecule has 6 heteroatoms. The van der Waals surface area contributed by atoms with Crippen LogP contribution in [0.15, 0.2) is 224 Å². The van der Waals surface area contributed by atoms with Crippen LogP contribution in [-0.4, -0.2) is 0 Å². The molecule has 2 aliphatic heterocycles. The van der Waals surface area contributed by atoms with E-state index in [4.69, 9.17) is 6.42 Å². The summed E-state index contributed by atoms with van der Waals surface area (Å²) in [5, 5.41) is 0. The first kappa shape index (κ1) is 41.6. The van der Waals surface area contributed by atoms with Crippen LogP contribution in [0, 0.1) is 31.9 Å². The molecule has 0 unspecified atom stereocenters. The van der Waals surface area contributed by atoms with Gasteiger partial charge in [-0.3, -0.25) is 6.04 Å². The molecule has 0 radical (unpaired) electrons. The Morgan fingerprint density at radius 3 is 0.891 bits per heavy atom. The molecule has 0 atom stereocenters. The Hall–Kier alpha value is -7.77. The Bertz CT molecular complexity index is 2750. The number of fused-ring (bicyclic) bond motifs is 2. The normalized spacial score (nSPS) is 12.4. The fourth-order valence-electron chi connectivity index (χ4n) is 8.70. The topological polar surface area (TPSA) is 39.0 Å². The summed E-state index contributed by atoms with van der Waals surface area (Å²) in [6.45, 7) is 4.45. The Morgan fingerprint density at radius 2 is 0.594 bits per heavy atom. The average Bonchev–Trinajstić information content (AvgIpc) is 3.94. The van der Waals surface area contributed by atoms with Crippen molar-refractivity contribution >= 4 is 45.5 Å². The molecule has 0 aliphatic carbocycles. The van der Waals surface area contributed by atoms with E-state index in [0.29, 0.717) is 0 Å². The predicted octanol–water partition coefficient (Wildman–Crippen LogP) is 14.5. The summed E-state index contributed by atoms with van der Waals surface area (Å²) in [4.78, 5) is 9.25. The molecule has 0 amide bonds. The van der Waals surface area contributed by atoms with Gasteiger partial charge in [0.1, 0.15) is 0 Å². The van der Waals surface area contributed by atoms with E-state index in [0.717, 1.165) is 67.8 Å². The van der Waals surface area contributed by atoms with Gasteiger partial charge in [0.05, 0.1) is 0 Å². The van der Waals surface area contributed by atoms with Gasteiger partial charge < -0.3 is 31.8 Å². The third-order valence-electron chi connectivity index (χ3n) is 11.4. The SMILES string of the molecule is [C-]#CN.[Pt+4].[c-]1c(N2[CH-]N(c3c(-c4ccccc4)cccc3-c3ccccc3)c3ccccc32)cccc1N1[CH-]N(c2c(-c3ccccc3)cccc2-c2ccccc2)c2ccccc21. The maximum atomic E-state index is 5.74. The average molecular weight is 1000 g/mol.